The monoisotopic (exact) mass is 323 g/mol. The van der Waals surface area contributed by atoms with E-state index in [4.69, 9.17) is 4.74 Å². The van der Waals surface area contributed by atoms with Crippen LogP contribution in [0.5, 0.6) is 0 Å². The highest BCUT2D eigenvalue weighted by Crippen LogP contribution is 1.96. The Bertz CT molecular complexity index is 507. The van der Waals surface area contributed by atoms with E-state index in [1.165, 1.54) is 18.6 Å². The van der Waals surface area contributed by atoms with Crippen molar-refractivity contribution in [3.05, 3.63) is 24.3 Å². The quantitative estimate of drug-likeness (QED) is 0.532. The molecule has 1 saturated heterocycles. The van der Waals surface area contributed by atoms with Crippen LogP contribution in [-0.2, 0) is 9.53 Å². The number of hydrogen-bond donors (Lipinski definition) is 3. The van der Waals surface area contributed by atoms with Gasteiger partial charge in [0.2, 0.25) is 5.91 Å². The van der Waals surface area contributed by atoms with E-state index in [0.29, 0.717) is 26.3 Å². The normalized spacial score (nSPS) is 16.6. The number of carbonyl (C=O) groups is 2. The lowest BCUT2D eigenvalue weighted by atomic mass is 10.2. The summed E-state index contributed by atoms with van der Waals surface area (Å²) in [5, 5.41) is 14.4. The first kappa shape index (κ1) is 17.3. The third-order valence-corrected chi connectivity index (χ3v) is 3.43. The maximum atomic E-state index is 12.0. The molecule has 0 aromatic carbocycles. The Kier molecular flexibility index (Phi) is 6.85. The second-order valence-corrected chi connectivity index (χ2v) is 5.04. The van der Waals surface area contributed by atoms with Crippen molar-refractivity contribution in [3.8, 4) is 0 Å². The van der Waals surface area contributed by atoms with Crippen molar-refractivity contribution in [1.82, 2.24) is 25.5 Å². The minimum atomic E-state index is -1.02. The highest BCUT2D eigenvalue weighted by molar-refractivity contribution is 5.95. The van der Waals surface area contributed by atoms with Crippen LogP contribution in [0.25, 0.3) is 0 Å². The number of nitrogens with one attached hydrogen (secondary N) is 2. The van der Waals surface area contributed by atoms with Gasteiger partial charge in [-0.2, -0.15) is 0 Å². The molecular weight excluding hydrogens is 302 g/mol. The molecule has 1 atom stereocenters. The highest BCUT2D eigenvalue weighted by atomic mass is 16.5. The zero-order valence-electron chi connectivity index (χ0n) is 12.8. The van der Waals surface area contributed by atoms with E-state index in [1.807, 2.05) is 0 Å². The molecule has 126 valence electrons. The minimum Gasteiger partial charge on any atom is -0.394 e. The van der Waals surface area contributed by atoms with Crippen molar-refractivity contribution in [1.29, 1.82) is 0 Å². The Balaban J connectivity index is 1.75. The average Bonchev–Trinajstić information content (AvgIpc) is 2.61. The molecule has 2 amide bonds. The van der Waals surface area contributed by atoms with E-state index in [9.17, 15) is 14.7 Å². The summed E-state index contributed by atoms with van der Waals surface area (Å²) in [6.45, 7) is 3.71. The smallest absolute Gasteiger partial charge is 0.272 e. The van der Waals surface area contributed by atoms with Crippen molar-refractivity contribution in [2.75, 3.05) is 46.0 Å². The van der Waals surface area contributed by atoms with Gasteiger partial charge in [-0.15, -0.1) is 0 Å². The van der Waals surface area contributed by atoms with Crippen LogP contribution in [-0.4, -0.2) is 83.8 Å². The van der Waals surface area contributed by atoms with E-state index in [2.05, 4.69) is 25.5 Å². The molecule has 9 nitrogen and oxygen atoms in total. The maximum Gasteiger partial charge on any atom is 0.272 e. The highest BCUT2D eigenvalue weighted by Gasteiger charge is 2.21. The van der Waals surface area contributed by atoms with Gasteiger partial charge in [0.05, 0.1) is 26.0 Å². The zero-order valence-corrected chi connectivity index (χ0v) is 12.8. The fraction of sp³-hybridized carbons (Fsp3) is 0.571. The van der Waals surface area contributed by atoms with Crippen LogP contribution in [0.15, 0.2) is 18.6 Å². The van der Waals surface area contributed by atoms with Crippen LogP contribution < -0.4 is 10.6 Å². The number of amides is 2. The summed E-state index contributed by atoms with van der Waals surface area (Å²) in [7, 11) is 0. The molecule has 3 N–H and O–H groups in total. The molecule has 0 aliphatic carbocycles. The molecule has 2 heterocycles. The minimum absolute atomic E-state index is 0.0899. The number of nitrogens with zero attached hydrogens (tertiary/aromatic N) is 3. The van der Waals surface area contributed by atoms with Crippen LogP contribution >= 0.6 is 0 Å². The number of aliphatic hydroxyl groups excluding tert-OH is 1. The number of hydrogen-bond acceptors (Lipinski definition) is 7. The Morgan fingerprint density at radius 3 is 2.78 bits per heavy atom. The molecule has 0 unspecified atom stereocenters. The van der Waals surface area contributed by atoms with Crippen LogP contribution in [0.2, 0.25) is 0 Å². The van der Waals surface area contributed by atoms with Crippen molar-refractivity contribution < 1.29 is 19.4 Å². The van der Waals surface area contributed by atoms with Crippen LogP contribution in [0.1, 0.15) is 10.5 Å². The van der Waals surface area contributed by atoms with Gasteiger partial charge in [0.15, 0.2) is 0 Å². The predicted octanol–water partition coefficient (Wildman–Crippen LogP) is -1.98. The van der Waals surface area contributed by atoms with Gasteiger partial charge in [0, 0.05) is 38.6 Å². The summed E-state index contributed by atoms with van der Waals surface area (Å²) < 4.78 is 5.25. The molecule has 1 fully saturated rings. The Labute approximate surface area is 134 Å². The van der Waals surface area contributed by atoms with Gasteiger partial charge in [0.25, 0.3) is 5.91 Å². The SMILES string of the molecule is O=C(N[C@@H](CO)C(=O)NCCN1CCOCC1)c1cnccn1. The van der Waals surface area contributed by atoms with Crippen molar-refractivity contribution in [2.24, 2.45) is 0 Å². The van der Waals surface area contributed by atoms with Gasteiger partial charge in [0.1, 0.15) is 11.7 Å². The maximum absolute atomic E-state index is 12.0. The molecule has 0 radical (unpaired) electrons. The number of aliphatic hydroxyl groups is 1. The lowest BCUT2D eigenvalue weighted by Gasteiger charge is -2.26. The molecule has 0 spiro atoms. The van der Waals surface area contributed by atoms with E-state index >= 15 is 0 Å². The fourth-order valence-corrected chi connectivity index (χ4v) is 2.13. The first-order valence-electron chi connectivity index (χ1n) is 7.46. The zero-order chi connectivity index (χ0) is 16.5. The van der Waals surface area contributed by atoms with Crippen LogP contribution in [0, 0.1) is 0 Å². The Hall–Kier alpha value is -2.10. The third-order valence-electron chi connectivity index (χ3n) is 3.43. The first-order chi connectivity index (χ1) is 11.2. The standard InChI is InChI=1S/C14H21N5O4/c20-10-12(18-14(22)11-9-15-1-2-16-11)13(21)17-3-4-19-5-7-23-8-6-19/h1-2,9,12,20H,3-8,10H2,(H,17,21)(H,18,22)/t12-/m0/s1. The predicted molar refractivity (Wildman–Crippen MR) is 80.6 cm³/mol. The Morgan fingerprint density at radius 2 is 2.13 bits per heavy atom. The van der Waals surface area contributed by atoms with Crippen molar-refractivity contribution >= 4 is 11.8 Å². The molecule has 0 bridgehead atoms. The lowest BCUT2D eigenvalue weighted by molar-refractivity contribution is -0.123. The van der Waals surface area contributed by atoms with Crippen LogP contribution in [0.3, 0.4) is 0 Å². The topological polar surface area (TPSA) is 117 Å². The summed E-state index contributed by atoms with van der Waals surface area (Å²) in [5.41, 5.74) is 0.0899. The number of aromatic nitrogens is 2. The molecule has 1 aliphatic rings. The van der Waals surface area contributed by atoms with Gasteiger partial charge in [-0.05, 0) is 0 Å². The summed E-state index contributed by atoms with van der Waals surface area (Å²) in [6, 6.07) is -1.02. The fourth-order valence-electron chi connectivity index (χ4n) is 2.13. The van der Waals surface area contributed by atoms with Crippen LogP contribution in [0.4, 0.5) is 0 Å². The first-order valence-corrected chi connectivity index (χ1v) is 7.46. The van der Waals surface area contributed by atoms with Crippen molar-refractivity contribution in [2.45, 2.75) is 6.04 Å². The van der Waals surface area contributed by atoms with E-state index < -0.39 is 24.5 Å². The number of morpholine rings is 1. The van der Waals surface area contributed by atoms with Gasteiger partial charge in [-0.1, -0.05) is 0 Å². The van der Waals surface area contributed by atoms with Gasteiger partial charge >= 0.3 is 0 Å². The Morgan fingerprint density at radius 1 is 1.35 bits per heavy atom. The van der Waals surface area contributed by atoms with Gasteiger partial charge in [-0.3, -0.25) is 19.5 Å². The van der Waals surface area contributed by atoms with Gasteiger partial charge < -0.3 is 20.5 Å². The number of rotatable bonds is 7. The molecular formula is C14H21N5O4. The largest absolute Gasteiger partial charge is 0.394 e. The lowest BCUT2D eigenvalue weighted by Crippen LogP contribution is -2.50. The summed E-state index contributed by atoms with van der Waals surface area (Å²) in [4.78, 5) is 33.7. The number of ether oxygens (including phenoxy) is 1. The summed E-state index contributed by atoms with van der Waals surface area (Å²) >= 11 is 0. The molecule has 2 rings (SSSR count). The molecule has 1 aromatic rings. The molecule has 23 heavy (non-hydrogen) atoms. The van der Waals surface area contributed by atoms with Crippen molar-refractivity contribution in [3.63, 3.8) is 0 Å². The third kappa shape index (κ3) is 5.55. The molecule has 1 aromatic heterocycles. The molecule has 0 saturated carbocycles. The number of carbonyl (C=O) groups excluding carboxylic acids is 2. The summed E-state index contributed by atoms with van der Waals surface area (Å²) in [5.74, 6) is -0.988. The second kappa shape index (κ2) is 9.13. The van der Waals surface area contributed by atoms with E-state index in [0.717, 1.165) is 13.1 Å². The molecule has 9 heteroatoms. The van der Waals surface area contributed by atoms with E-state index in [-0.39, 0.29) is 5.69 Å². The second-order valence-electron chi connectivity index (χ2n) is 5.04. The average molecular weight is 323 g/mol. The van der Waals surface area contributed by atoms with E-state index in [1.54, 1.807) is 0 Å². The molecule has 1 aliphatic heterocycles. The summed E-state index contributed by atoms with van der Waals surface area (Å²) in [6.07, 6.45) is 4.12. The van der Waals surface area contributed by atoms with Gasteiger partial charge in [-0.25, -0.2) is 4.98 Å².